The van der Waals surface area contributed by atoms with Gasteiger partial charge >= 0.3 is 0 Å². The topological polar surface area (TPSA) is 132 Å². The van der Waals surface area contributed by atoms with E-state index in [1.165, 1.54) is 24.3 Å². The summed E-state index contributed by atoms with van der Waals surface area (Å²) < 4.78 is 34.5. The van der Waals surface area contributed by atoms with Gasteiger partial charge in [-0.3, -0.25) is 9.59 Å². The van der Waals surface area contributed by atoms with E-state index in [0.717, 1.165) is 44.6 Å². The largest absolute Gasteiger partial charge is 0.477 e. The van der Waals surface area contributed by atoms with Crippen LogP contribution < -0.4 is 9.88 Å². The van der Waals surface area contributed by atoms with Gasteiger partial charge in [0, 0.05) is 80.0 Å². The number of primary sulfonamides is 1. The Morgan fingerprint density at radius 1 is 0.897 bits per heavy atom. The maximum absolute atomic E-state index is 13.6. The summed E-state index contributed by atoms with van der Waals surface area (Å²) in [6, 6.07) is 9.40. The predicted octanol–water partition coefficient (Wildman–Crippen LogP) is 2.26. The molecule has 1 aromatic carbocycles. The lowest BCUT2D eigenvalue weighted by atomic mass is 10.0. The number of ether oxygens (including phenoxy) is 2. The minimum absolute atomic E-state index is 0.0129. The van der Waals surface area contributed by atoms with Gasteiger partial charge in [0.1, 0.15) is 0 Å². The van der Waals surface area contributed by atoms with Gasteiger partial charge in [0.2, 0.25) is 15.9 Å². The van der Waals surface area contributed by atoms with Crippen LogP contribution in [0.25, 0.3) is 0 Å². The van der Waals surface area contributed by atoms with Crippen LogP contribution in [-0.4, -0.2) is 81.0 Å². The van der Waals surface area contributed by atoms with Crippen LogP contribution in [0.5, 0.6) is 5.88 Å². The fourth-order valence-corrected chi connectivity index (χ4v) is 6.42. The molecule has 2 N–H and O–H groups in total. The first-order chi connectivity index (χ1) is 18.7. The summed E-state index contributed by atoms with van der Waals surface area (Å²) in [4.78, 5) is 35.0. The molecule has 4 fully saturated rings. The number of carbonyl (C=O) groups is 2. The number of sulfonamides is 1. The van der Waals surface area contributed by atoms with Crippen molar-refractivity contribution in [1.82, 2.24) is 14.8 Å². The van der Waals surface area contributed by atoms with Crippen molar-refractivity contribution in [3.05, 3.63) is 53.2 Å². The Morgan fingerprint density at radius 2 is 1.49 bits per heavy atom. The molecule has 2 atom stereocenters. The Hall–Kier alpha value is -3.02. The summed E-state index contributed by atoms with van der Waals surface area (Å²) in [6.45, 7) is 4.42. The van der Waals surface area contributed by atoms with Gasteiger partial charge in [-0.2, -0.15) is 0 Å². The lowest BCUT2D eigenvalue weighted by Crippen LogP contribution is -2.35. The van der Waals surface area contributed by atoms with Gasteiger partial charge in [-0.05, 0) is 61.9 Å². The van der Waals surface area contributed by atoms with Gasteiger partial charge in [0.15, 0.2) is 0 Å². The first-order valence-corrected chi connectivity index (χ1v) is 15.2. The fraction of sp³-hybridized carbons (Fsp3) is 0.536. The smallest absolute Gasteiger partial charge is 0.254 e. The molecule has 4 aliphatic rings. The molecule has 39 heavy (non-hydrogen) atoms. The number of nitrogens with zero attached hydrogens (tertiary/aromatic N) is 3. The minimum atomic E-state index is -3.81. The number of fused-ring (bicyclic) bond motifs is 1. The number of likely N-dealkylation sites (tertiary alicyclic amines) is 2. The van der Waals surface area contributed by atoms with Gasteiger partial charge < -0.3 is 19.3 Å². The average Bonchev–Trinajstić information content (AvgIpc) is 3.61. The highest BCUT2D eigenvalue weighted by Gasteiger charge is 2.43. The maximum atomic E-state index is 13.6. The van der Waals surface area contributed by atoms with Crippen molar-refractivity contribution in [2.75, 3.05) is 46.0 Å². The van der Waals surface area contributed by atoms with Crippen molar-refractivity contribution in [2.24, 2.45) is 22.9 Å². The zero-order chi connectivity index (χ0) is 27.1. The van der Waals surface area contributed by atoms with Crippen LogP contribution in [0.15, 0.2) is 41.3 Å². The van der Waals surface area contributed by atoms with Crippen molar-refractivity contribution < 1.29 is 27.5 Å². The summed E-state index contributed by atoms with van der Waals surface area (Å²) in [7, 11) is -3.81. The van der Waals surface area contributed by atoms with Gasteiger partial charge in [-0.25, -0.2) is 18.5 Å². The number of nitrogens with two attached hydrogens (primary N) is 1. The second-order valence-corrected chi connectivity index (χ2v) is 12.8. The Bertz CT molecular complexity index is 1340. The molecule has 208 valence electrons. The molecule has 1 aromatic heterocycles. The molecule has 10 nitrogen and oxygen atoms in total. The van der Waals surface area contributed by atoms with Crippen molar-refractivity contribution in [2.45, 2.75) is 36.5 Å². The van der Waals surface area contributed by atoms with E-state index >= 15 is 0 Å². The summed E-state index contributed by atoms with van der Waals surface area (Å²) in [5.41, 5.74) is 1.98. The Labute approximate surface area is 228 Å². The van der Waals surface area contributed by atoms with Crippen molar-refractivity contribution >= 4 is 21.8 Å². The number of amides is 2. The highest BCUT2D eigenvalue weighted by Crippen LogP contribution is 2.40. The molecular formula is C28H34N4O6S. The predicted molar refractivity (Wildman–Crippen MR) is 142 cm³/mol. The number of aromatic nitrogens is 1. The van der Waals surface area contributed by atoms with Crippen LogP contribution in [0, 0.1) is 17.8 Å². The van der Waals surface area contributed by atoms with E-state index in [2.05, 4.69) is 0 Å². The Balaban J connectivity index is 1.09. The quantitative estimate of drug-likeness (QED) is 0.555. The van der Waals surface area contributed by atoms with E-state index in [1.54, 1.807) is 11.0 Å². The molecule has 2 unspecified atom stereocenters. The molecule has 1 saturated carbocycles. The summed E-state index contributed by atoms with van der Waals surface area (Å²) in [6.07, 6.45) is 4.13. The molecule has 0 radical (unpaired) electrons. The van der Waals surface area contributed by atoms with Gasteiger partial charge in [0.05, 0.1) is 11.5 Å². The van der Waals surface area contributed by atoms with E-state index in [9.17, 15) is 18.0 Å². The zero-order valence-corrected chi connectivity index (χ0v) is 22.6. The Kier molecular flexibility index (Phi) is 7.07. The zero-order valence-electron chi connectivity index (χ0n) is 21.8. The standard InChI is InChI=1S/C28H34N4O6S/c29-39(35,36)24-5-3-20(4-6-24)27(33)31-13-22-15-32(16-23(22)14-31)28(34)21-11-25(19-1-2-19)30-26(12-21)38-17-18-7-9-37-10-8-18/h3-6,11-12,18-19,22-23H,1-2,7-10,13-17H2,(H2,29,35,36). The highest BCUT2D eigenvalue weighted by atomic mass is 32.2. The molecule has 0 bridgehead atoms. The number of benzene rings is 1. The minimum Gasteiger partial charge on any atom is -0.477 e. The molecule has 0 spiro atoms. The van der Waals surface area contributed by atoms with Crippen molar-refractivity contribution in [3.63, 3.8) is 0 Å². The number of rotatable bonds is 7. The SMILES string of the molecule is NS(=O)(=O)c1ccc(C(=O)N2CC3CN(C(=O)c4cc(OCC5CCOCC5)nc(C5CC5)c4)CC3C2)cc1. The lowest BCUT2D eigenvalue weighted by Gasteiger charge is -2.23. The molecular weight excluding hydrogens is 520 g/mol. The molecule has 3 saturated heterocycles. The summed E-state index contributed by atoms with van der Waals surface area (Å²) in [5.74, 6) is 1.63. The van der Waals surface area contributed by atoms with Crippen LogP contribution >= 0.6 is 0 Å². The fourth-order valence-electron chi connectivity index (χ4n) is 5.90. The maximum Gasteiger partial charge on any atom is 0.254 e. The van der Waals surface area contributed by atoms with E-state index in [0.29, 0.717) is 61.6 Å². The molecule has 11 heteroatoms. The van der Waals surface area contributed by atoms with Crippen LogP contribution in [0.2, 0.25) is 0 Å². The third-order valence-corrected chi connectivity index (χ3v) is 9.29. The van der Waals surface area contributed by atoms with Gasteiger partial charge in [-0.1, -0.05) is 0 Å². The van der Waals surface area contributed by atoms with Crippen LogP contribution in [0.1, 0.15) is 58.0 Å². The second-order valence-electron chi connectivity index (χ2n) is 11.3. The molecule has 2 aromatic rings. The van der Waals surface area contributed by atoms with Crippen molar-refractivity contribution in [3.8, 4) is 5.88 Å². The summed E-state index contributed by atoms with van der Waals surface area (Å²) in [5, 5.41) is 5.16. The van der Waals surface area contributed by atoms with Crippen LogP contribution in [0.3, 0.4) is 0 Å². The third-order valence-electron chi connectivity index (χ3n) is 8.36. The Morgan fingerprint density at radius 3 is 2.05 bits per heavy atom. The normalized spacial score (nSPS) is 23.6. The molecule has 6 rings (SSSR count). The van der Waals surface area contributed by atoms with E-state index in [1.807, 2.05) is 11.0 Å². The average molecular weight is 555 g/mol. The van der Waals surface area contributed by atoms with Crippen molar-refractivity contribution in [1.29, 1.82) is 0 Å². The van der Waals surface area contributed by atoms with E-state index in [-0.39, 0.29) is 28.5 Å². The highest BCUT2D eigenvalue weighted by molar-refractivity contribution is 7.89. The number of hydrogen-bond donors (Lipinski definition) is 1. The first-order valence-electron chi connectivity index (χ1n) is 13.7. The second kappa shape index (κ2) is 10.5. The monoisotopic (exact) mass is 554 g/mol. The summed E-state index contributed by atoms with van der Waals surface area (Å²) >= 11 is 0. The molecule has 4 heterocycles. The number of carbonyl (C=O) groups excluding carboxylic acids is 2. The molecule has 3 aliphatic heterocycles. The molecule has 2 amide bonds. The number of pyridine rings is 1. The first kappa shape index (κ1) is 26.2. The molecule has 1 aliphatic carbocycles. The van der Waals surface area contributed by atoms with Gasteiger partial charge in [-0.15, -0.1) is 0 Å². The van der Waals surface area contributed by atoms with Gasteiger partial charge in [0.25, 0.3) is 11.8 Å². The third kappa shape index (κ3) is 5.80. The van der Waals surface area contributed by atoms with Crippen LogP contribution in [0.4, 0.5) is 0 Å². The number of hydrogen-bond acceptors (Lipinski definition) is 7. The van der Waals surface area contributed by atoms with E-state index < -0.39 is 10.0 Å². The lowest BCUT2D eigenvalue weighted by molar-refractivity contribution is 0.0490. The van der Waals surface area contributed by atoms with Crippen LogP contribution in [-0.2, 0) is 14.8 Å². The van der Waals surface area contributed by atoms with E-state index in [4.69, 9.17) is 19.6 Å².